The lowest BCUT2D eigenvalue weighted by Crippen LogP contribution is -2.25. The summed E-state index contributed by atoms with van der Waals surface area (Å²) in [6.07, 6.45) is 6.95. The van der Waals surface area contributed by atoms with E-state index >= 15 is 0 Å². The molecule has 3 rings (SSSR count). The van der Waals surface area contributed by atoms with Crippen LogP contribution in [-0.4, -0.2) is 40.6 Å². The fourth-order valence-electron chi connectivity index (χ4n) is 3.98. The molecule has 0 radical (unpaired) electrons. The molecule has 0 saturated heterocycles. The Morgan fingerprint density at radius 2 is 1.79 bits per heavy atom. The number of nitrogens with zero attached hydrogens (tertiary/aromatic N) is 3. The number of benzene rings is 1. The van der Waals surface area contributed by atoms with Crippen LogP contribution in [0.25, 0.3) is 21.8 Å². The standard InChI is InChI=1S/C24H36N4/c1-4-7-16-28-23-13-9-8-12-21(23)22-17-20(26-19-24(22)28)18-25-14-10-11-15-27(5-2)6-3/h8-9,12-13,17,19,25H,4-7,10-11,14-16,18H2,1-3H3. The number of aryl methyl sites for hydroxylation is 1. The number of rotatable bonds is 12. The van der Waals surface area contributed by atoms with E-state index in [0.717, 1.165) is 38.4 Å². The molecule has 3 aromatic rings. The van der Waals surface area contributed by atoms with Gasteiger partial charge in [-0.05, 0) is 57.6 Å². The van der Waals surface area contributed by atoms with E-state index in [4.69, 9.17) is 4.98 Å². The SMILES string of the molecule is CCCCn1c2ccccc2c2cc(CNCCCCN(CC)CC)ncc21. The van der Waals surface area contributed by atoms with E-state index in [1.54, 1.807) is 0 Å². The molecule has 0 atom stereocenters. The van der Waals surface area contributed by atoms with Crippen molar-refractivity contribution >= 4 is 21.8 Å². The maximum atomic E-state index is 4.75. The molecular weight excluding hydrogens is 344 g/mol. The summed E-state index contributed by atoms with van der Waals surface area (Å²) in [6.45, 7) is 13.2. The van der Waals surface area contributed by atoms with Crippen LogP contribution in [-0.2, 0) is 13.1 Å². The van der Waals surface area contributed by atoms with Crippen molar-refractivity contribution in [1.29, 1.82) is 0 Å². The zero-order valence-corrected chi connectivity index (χ0v) is 17.9. The van der Waals surface area contributed by atoms with E-state index in [-0.39, 0.29) is 0 Å². The third-order valence-electron chi connectivity index (χ3n) is 5.73. The summed E-state index contributed by atoms with van der Waals surface area (Å²) in [6, 6.07) is 11.0. The van der Waals surface area contributed by atoms with Gasteiger partial charge in [0.05, 0.1) is 17.4 Å². The molecule has 0 amide bonds. The van der Waals surface area contributed by atoms with E-state index in [1.165, 1.54) is 54.0 Å². The molecule has 0 aliphatic carbocycles. The molecule has 4 heteroatoms. The van der Waals surface area contributed by atoms with Crippen molar-refractivity contribution in [3.8, 4) is 0 Å². The Morgan fingerprint density at radius 1 is 0.964 bits per heavy atom. The number of nitrogens with one attached hydrogen (secondary N) is 1. The molecule has 0 fully saturated rings. The second-order valence-electron chi connectivity index (χ2n) is 7.63. The van der Waals surface area contributed by atoms with Crippen LogP contribution < -0.4 is 5.32 Å². The van der Waals surface area contributed by atoms with Crippen molar-refractivity contribution < 1.29 is 0 Å². The molecular formula is C24H36N4. The normalized spacial score (nSPS) is 11.9. The van der Waals surface area contributed by atoms with Crippen molar-refractivity contribution in [3.63, 3.8) is 0 Å². The summed E-state index contributed by atoms with van der Waals surface area (Å²) in [4.78, 5) is 7.24. The first-order valence-corrected chi connectivity index (χ1v) is 11.1. The summed E-state index contributed by atoms with van der Waals surface area (Å²) in [7, 11) is 0. The number of para-hydroxylation sites is 1. The van der Waals surface area contributed by atoms with Crippen molar-refractivity contribution in [3.05, 3.63) is 42.2 Å². The van der Waals surface area contributed by atoms with Gasteiger partial charge in [0.1, 0.15) is 0 Å². The average molecular weight is 381 g/mol. The van der Waals surface area contributed by atoms with Crippen LogP contribution >= 0.6 is 0 Å². The highest BCUT2D eigenvalue weighted by atomic mass is 15.1. The van der Waals surface area contributed by atoms with Crippen molar-refractivity contribution in [2.24, 2.45) is 0 Å². The maximum Gasteiger partial charge on any atom is 0.0678 e. The first kappa shape index (κ1) is 20.8. The predicted molar refractivity (Wildman–Crippen MR) is 121 cm³/mol. The van der Waals surface area contributed by atoms with E-state index < -0.39 is 0 Å². The van der Waals surface area contributed by atoms with Crippen LogP contribution in [0, 0.1) is 0 Å². The topological polar surface area (TPSA) is 33.1 Å². The molecule has 28 heavy (non-hydrogen) atoms. The molecule has 0 aliphatic rings. The summed E-state index contributed by atoms with van der Waals surface area (Å²) in [5, 5.41) is 6.25. The highest BCUT2D eigenvalue weighted by Crippen LogP contribution is 2.29. The van der Waals surface area contributed by atoms with Crippen LogP contribution in [0.15, 0.2) is 36.5 Å². The van der Waals surface area contributed by atoms with Crippen molar-refractivity contribution in [1.82, 2.24) is 19.8 Å². The number of pyridine rings is 1. The number of hydrogen-bond donors (Lipinski definition) is 1. The van der Waals surface area contributed by atoms with Gasteiger partial charge in [-0.3, -0.25) is 4.98 Å². The van der Waals surface area contributed by atoms with E-state index in [9.17, 15) is 0 Å². The Kier molecular flexibility index (Phi) is 7.87. The zero-order chi connectivity index (χ0) is 19.8. The van der Waals surface area contributed by atoms with Gasteiger partial charge in [-0.15, -0.1) is 0 Å². The van der Waals surface area contributed by atoms with Gasteiger partial charge in [-0.1, -0.05) is 45.4 Å². The molecule has 4 nitrogen and oxygen atoms in total. The highest BCUT2D eigenvalue weighted by molar-refractivity contribution is 6.07. The molecule has 152 valence electrons. The minimum atomic E-state index is 0.843. The summed E-state index contributed by atoms with van der Waals surface area (Å²) < 4.78 is 2.44. The monoisotopic (exact) mass is 380 g/mol. The second-order valence-corrected chi connectivity index (χ2v) is 7.63. The van der Waals surface area contributed by atoms with Gasteiger partial charge in [0.15, 0.2) is 0 Å². The minimum Gasteiger partial charge on any atom is -0.339 e. The Bertz CT molecular complexity index is 864. The summed E-state index contributed by atoms with van der Waals surface area (Å²) in [5.74, 6) is 0. The van der Waals surface area contributed by atoms with Gasteiger partial charge in [-0.2, -0.15) is 0 Å². The van der Waals surface area contributed by atoms with Crippen molar-refractivity contribution in [2.45, 2.75) is 59.5 Å². The molecule has 0 unspecified atom stereocenters. The number of unbranched alkanes of at least 4 members (excludes halogenated alkanes) is 2. The second kappa shape index (κ2) is 10.6. The lowest BCUT2D eigenvalue weighted by atomic mass is 10.1. The average Bonchev–Trinajstić information content (AvgIpc) is 3.05. The van der Waals surface area contributed by atoms with Crippen LogP contribution in [0.1, 0.15) is 52.1 Å². The van der Waals surface area contributed by atoms with Gasteiger partial charge in [0, 0.05) is 29.4 Å². The lowest BCUT2D eigenvalue weighted by molar-refractivity contribution is 0.296. The van der Waals surface area contributed by atoms with Crippen LogP contribution in [0.2, 0.25) is 0 Å². The van der Waals surface area contributed by atoms with Gasteiger partial charge >= 0.3 is 0 Å². The molecule has 0 bridgehead atoms. The molecule has 1 N–H and O–H groups in total. The Morgan fingerprint density at radius 3 is 2.57 bits per heavy atom. The van der Waals surface area contributed by atoms with Crippen molar-refractivity contribution in [2.75, 3.05) is 26.2 Å². The maximum absolute atomic E-state index is 4.75. The Hall–Kier alpha value is -1.91. The Balaban J connectivity index is 1.63. The highest BCUT2D eigenvalue weighted by Gasteiger charge is 2.11. The third kappa shape index (κ3) is 4.92. The van der Waals surface area contributed by atoms with Gasteiger partial charge < -0.3 is 14.8 Å². The number of hydrogen-bond acceptors (Lipinski definition) is 3. The van der Waals surface area contributed by atoms with Crippen LogP contribution in [0.4, 0.5) is 0 Å². The van der Waals surface area contributed by atoms with Gasteiger partial charge in [0.25, 0.3) is 0 Å². The third-order valence-corrected chi connectivity index (χ3v) is 5.73. The largest absolute Gasteiger partial charge is 0.339 e. The molecule has 0 spiro atoms. The molecule has 2 aromatic heterocycles. The number of aromatic nitrogens is 2. The van der Waals surface area contributed by atoms with Gasteiger partial charge in [0.2, 0.25) is 0 Å². The predicted octanol–water partition coefficient (Wildman–Crippen LogP) is 5.20. The smallest absolute Gasteiger partial charge is 0.0678 e. The number of fused-ring (bicyclic) bond motifs is 3. The van der Waals surface area contributed by atoms with Crippen LogP contribution in [0.5, 0.6) is 0 Å². The molecule has 0 saturated carbocycles. The first-order valence-electron chi connectivity index (χ1n) is 11.1. The summed E-state index contributed by atoms with van der Waals surface area (Å²) in [5.41, 5.74) is 3.72. The lowest BCUT2D eigenvalue weighted by Gasteiger charge is -2.17. The van der Waals surface area contributed by atoms with Gasteiger partial charge in [-0.25, -0.2) is 0 Å². The Labute approximate surface area is 169 Å². The zero-order valence-electron chi connectivity index (χ0n) is 17.9. The van der Waals surface area contributed by atoms with E-state index in [2.05, 4.69) is 72.1 Å². The molecule has 1 aromatic carbocycles. The summed E-state index contributed by atoms with van der Waals surface area (Å²) >= 11 is 0. The first-order chi connectivity index (χ1) is 13.8. The molecule has 0 aliphatic heterocycles. The van der Waals surface area contributed by atoms with E-state index in [0.29, 0.717) is 0 Å². The fraction of sp³-hybridized carbons (Fsp3) is 0.542. The molecule has 2 heterocycles. The minimum absolute atomic E-state index is 0.843. The fourth-order valence-corrected chi connectivity index (χ4v) is 3.98. The quantitative estimate of drug-likeness (QED) is 0.438. The van der Waals surface area contributed by atoms with Crippen LogP contribution in [0.3, 0.4) is 0 Å². The van der Waals surface area contributed by atoms with E-state index in [1.807, 2.05) is 0 Å².